The minimum Gasteiger partial charge on any atom is -0.465 e. The van der Waals surface area contributed by atoms with E-state index in [0.29, 0.717) is 6.04 Å². The smallest absolute Gasteiger partial charge is 0.118 e. The van der Waals surface area contributed by atoms with Crippen LogP contribution in [0.2, 0.25) is 0 Å². The minimum atomic E-state index is 0.391. The Kier molecular flexibility index (Phi) is 3.60. The fourth-order valence-corrected chi connectivity index (χ4v) is 2.78. The van der Waals surface area contributed by atoms with Gasteiger partial charge in [-0.1, -0.05) is 6.42 Å². The van der Waals surface area contributed by atoms with Crippen LogP contribution in [0.3, 0.4) is 0 Å². The van der Waals surface area contributed by atoms with Gasteiger partial charge < -0.3 is 4.42 Å². The van der Waals surface area contributed by atoms with Crippen molar-refractivity contribution in [3.63, 3.8) is 0 Å². The van der Waals surface area contributed by atoms with Gasteiger partial charge in [-0.25, -0.2) is 9.97 Å². The van der Waals surface area contributed by atoms with Gasteiger partial charge in [0.1, 0.15) is 17.8 Å². The molecule has 0 radical (unpaired) electrons. The largest absolute Gasteiger partial charge is 0.465 e. The van der Waals surface area contributed by atoms with E-state index >= 15 is 0 Å². The Balaban J connectivity index is 1.77. The van der Waals surface area contributed by atoms with Crippen LogP contribution in [0.1, 0.15) is 42.5 Å². The first-order valence-corrected chi connectivity index (χ1v) is 6.88. The Bertz CT molecular complexity index is 523. The summed E-state index contributed by atoms with van der Waals surface area (Å²) in [6.45, 7) is 3.96. The quantitative estimate of drug-likeness (QED) is 0.847. The molecule has 0 aromatic carbocycles. The summed E-state index contributed by atoms with van der Waals surface area (Å²) in [5.74, 6) is 2.02. The minimum absolute atomic E-state index is 0.391. The number of furan rings is 1. The van der Waals surface area contributed by atoms with E-state index in [4.69, 9.17) is 4.42 Å². The number of aromatic nitrogens is 2. The average molecular weight is 257 g/mol. The second-order valence-corrected chi connectivity index (χ2v) is 5.13. The highest BCUT2D eigenvalue weighted by Crippen LogP contribution is 2.30. The third-order valence-electron chi connectivity index (χ3n) is 3.71. The molecule has 1 fully saturated rings. The van der Waals surface area contributed by atoms with Crippen molar-refractivity contribution in [1.82, 2.24) is 14.9 Å². The zero-order chi connectivity index (χ0) is 13.1. The van der Waals surface area contributed by atoms with Crippen molar-refractivity contribution in [3.8, 4) is 0 Å². The topological polar surface area (TPSA) is 42.2 Å². The van der Waals surface area contributed by atoms with Crippen LogP contribution < -0.4 is 0 Å². The molecule has 0 N–H and O–H groups in total. The van der Waals surface area contributed by atoms with E-state index in [1.54, 1.807) is 6.33 Å². The molecule has 1 aliphatic rings. The predicted octanol–water partition coefficient (Wildman–Crippen LogP) is 3.11. The van der Waals surface area contributed by atoms with Gasteiger partial charge in [-0.05, 0) is 44.5 Å². The molecule has 2 aromatic rings. The van der Waals surface area contributed by atoms with E-state index < -0.39 is 0 Å². The van der Waals surface area contributed by atoms with Gasteiger partial charge in [-0.2, -0.15) is 0 Å². The van der Waals surface area contributed by atoms with Gasteiger partial charge in [0.05, 0.1) is 18.3 Å². The highest BCUT2D eigenvalue weighted by atomic mass is 16.3. The Morgan fingerprint density at radius 1 is 1.32 bits per heavy atom. The van der Waals surface area contributed by atoms with Crippen LogP contribution in [0.25, 0.3) is 0 Å². The number of hydrogen-bond acceptors (Lipinski definition) is 4. The maximum absolute atomic E-state index is 5.70. The van der Waals surface area contributed by atoms with Crippen LogP contribution >= 0.6 is 0 Å². The molecule has 0 bridgehead atoms. The lowest BCUT2D eigenvalue weighted by atomic mass is 9.99. The molecule has 4 heteroatoms. The summed E-state index contributed by atoms with van der Waals surface area (Å²) >= 11 is 0. The SMILES string of the molecule is Cc1ccc(CN2CCCC[C@H]2c2ccncn2)o1. The van der Waals surface area contributed by atoms with Crippen molar-refractivity contribution in [2.45, 2.75) is 38.8 Å². The van der Waals surface area contributed by atoms with E-state index in [2.05, 4.69) is 20.9 Å². The van der Waals surface area contributed by atoms with Crippen LogP contribution in [-0.4, -0.2) is 21.4 Å². The molecule has 0 aliphatic carbocycles. The number of rotatable bonds is 3. The summed E-state index contributed by atoms with van der Waals surface area (Å²) < 4.78 is 5.70. The number of aryl methyl sites for hydroxylation is 1. The molecule has 100 valence electrons. The summed E-state index contributed by atoms with van der Waals surface area (Å²) in [6, 6.07) is 6.51. The second kappa shape index (κ2) is 5.53. The Labute approximate surface area is 113 Å². The fourth-order valence-electron chi connectivity index (χ4n) is 2.78. The number of nitrogens with zero attached hydrogens (tertiary/aromatic N) is 3. The molecule has 4 nitrogen and oxygen atoms in total. The summed E-state index contributed by atoms with van der Waals surface area (Å²) in [5, 5.41) is 0. The van der Waals surface area contributed by atoms with E-state index in [-0.39, 0.29) is 0 Å². The maximum Gasteiger partial charge on any atom is 0.118 e. The van der Waals surface area contributed by atoms with Crippen LogP contribution in [0.15, 0.2) is 35.1 Å². The zero-order valence-corrected chi connectivity index (χ0v) is 11.2. The Morgan fingerprint density at radius 2 is 2.26 bits per heavy atom. The Morgan fingerprint density at radius 3 is 3.00 bits per heavy atom. The van der Waals surface area contributed by atoms with Crippen molar-refractivity contribution in [1.29, 1.82) is 0 Å². The first-order valence-electron chi connectivity index (χ1n) is 6.88. The van der Waals surface area contributed by atoms with Crippen LogP contribution in [0.4, 0.5) is 0 Å². The number of hydrogen-bond donors (Lipinski definition) is 0. The molecular formula is C15H19N3O. The fraction of sp³-hybridized carbons (Fsp3) is 0.467. The lowest BCUT2D eigenvalue weighted by molar-refractivity contribution is 0.126. The third kappa shape index (κ3) is 2.84. The molecule has 0 unspecified atom stereocenters. The van der Waals surface area contributed by atoms with Gasteiger partial charge in [-0.3, -0.25) is 4.90 Å². The van der Waals surface area contributed by atoms with Crippen molar-refractivity contribution in [2.75, 3.05) is 6.54 Å². The lowest BCUT2D eigenvalue weighted by Gasteiger charge is -2.34. The summed E-state index contributed by atoms with van der Waals surface area (Å²) in [4.78, 5) is 10.9. The van der Waals surface area contributed by atoms with E-state index in [0.717, 1.165) is 36.7 Å². The number of piperidine rings is 1. The van der Waals surface area contributed by atoms with Crippen LogP contribution in [-0.2, 0) is 6.54 Å². The molecule has 1 atom stereocenters. The average Bonchev–Trinajstić information content (AvgIpc) is 2.86. The summed E-state index contributed by atoms with van der Waals surface area (Å²) in [6.07, 6.45) is 7.14. The molecule has 0 saturated carbocycles. The van der Waals surface area contributed by atoms with E-state index in [1.165, 1.54) is 12.8 Å². The maximum atomic E-state index is 5.70. The molecule has 0 spiro atoms. The molecule has 1 aliphatic heterocycles. The highest BCUT2D eigenvalue weighted by molar-refractivity contribution is 5.09. The molecule has 19 heavy (non-hydrogen) atoms. The van der Waals surface area contributed by atoms with Crippen molar-refractivity contribution < 1.29 is 4.42 Å². The zero-order valence-electron chi connectivity index (χ0n) is 11.2. The highest BCUT2D eigenvalue weighted by Gasteiger charge is 2.25. The van der Waals surface area contributed by atoms with Gasteiger partial charge in [-0.15, -0.1) is 0 Å². The Hall–Kier alpha value is -1.68. The van der Waals surface area contributed by atoms with Crippen LogP contribution in [0.5, 0.6) is 0 Å². The molecule has 1 saturated heterocycles. The molecular weight excluding hydrogens is 238 g/mol. The molecule has 3 rings (SSSR count). The van der Waals surface area contributed by atoms with Gasteiger partial charge in [0.2, 0.25) is 0 Å². The monoisotopic (exact) mass is 257 g/mol. The van der Waals surface area contributed by atoms with Gasteiger partial charge in [0, 0.05) is 6.20 Å². The number of likely N-dealkylation sites (tertiary alicyclic amines) is 1. The summed E-state index contributed by atoms with van der Waals surface area (Å²) in [7, 11) is 0. The lowest BCUT2D eigenvalue weighted by Crippen LogP contribution is -2.33. The standard InChI is InChI=1S/C15H19N3O/c1-12-5-6-13(19-12)10-18-9-3-2-4-15(18)14-7-8-16-11-17-14/h5-8,11,15H,2-4,9-10H2,1H3/t15-/m0/s1. The van der Waals surface area contributed by atoms with Crippen molar-refractivity contribution in [3.05, 3.63) is 47.9 Å². The molecule has 3 heterocycles. The summed E-state index contributed by atoms with van der Waals surface area (Å²) in [5.41, 5.74) is 1.12. The second-order valence-electron chi connectivity index (χ2n) is 5.13. The first kappa shape index (κ1) is 12.4. The third-order valence-corrected chi connectivity index (χ3v) is 3.71. The van der Waals surface area contributed by atoms with Gasteiger partial charge in [0.25, 0.3) is 0 Å². The van der Waals surface area contributed by atoms with E-state index in [1.807, 2.05) is 25.3 Å². The predicted molar refractivity (Wildman–Crippen MR) is 72.5 cm³/mol. The van der Waals surface area contributed by atoms with E-state index in [9.17, 15) is 0 Å². The van der Waals surface area contributed by atoms with Crippen molar-refractivity contribution >= 4 is 0 Å². The normalized spacial score (nSPS) is 20.6. The van der Waals surface area contributed by atoms with Gasteiger partial charge >= 0.3 is 0 Å². The molecule has 2 aromatic heterocycles. The molecule has 0 amide bonds. The van der Waals surface area contributed by atoms with Crippen molar-refractivity contribution in [2.24, 2.45) is 0 Å². The first-order chi connectivity index (χ1) is 9.33. The van der Waals surface area contributed by atoms with Crippen LogP contribution in [0, 0.1) is 6.92 Å². The van der Waals surface area contributed by atoms with Gasteiger partial charge in [0.15, 0.2) is 0 Å².